The third kappa shape index (κ3) is 4.64. The molecule has 6 heteroatoms. The van der Waals surface area contributed by atoms with Crippen molar-refractivity contribution in [1.82, 2.24) is 4.90 Å². The molecule has 1 atom stereocenters. The number of carbonyl (C=O) groups excluding carboxylic acids is 2. The van der Waals surface area contributed by atoms with Gasteiger partial charge in [0.05, 0.1) is 13.2 Å². The smallest absolute Gasteiger partial charge is 0.331 e. The number of hydrogen-bond donors (Lipinski definition) is 0. The monoisotopic (exact) mass is 407 g/mol. The van der Waals surface area contributed by atoms with Crippen LogP contribution in [0.3, 0.4) is 0 Å². The molecule has 0 unspecified atom stereocenters. The number of carbonyl (C=O) groups is 2. The lowest BCUT2D eigenvalue weighted by Gasteiger charge is -2.30. The summed E-state index contributed by atoms with van der Waals surface area (Å²) in [4.78, 5) is 26.7. The highest BCUT2D eigenvalue weighted by Gasteiger charge is 2.26. The van der Waals surface area contributed by atoms with Crippen LogP contribution in [0.25, 0.3) is 6.08 Å². The zero-order valence-corrected chi connectivity index (χ0v) is 17.0. The molecule has 0 aromatic heterocycles. The largest absolute Gasteiger partial charge is 0.490 e. The van der Waals surface area contributed by atoms with E-state index in [1.54, 1.807) is 17.9 Å². The summed E-state index contributed by atoms with van der Waals surface area (Å²) in [7, 11) is 0. The standard InChI is InChI=1S/C24H25NO5/c1-17(24(27)25-12-11-19-5-2-3-6-20(19)16-25)30-23(26)10-8-18-7-9-21-22(15-18)29-14-4-13-28-21/h2-3,5-10,15,17H,4,11-14,16H2,1H3/b10-8+/t17-/m1/s1. The number of amides is 1. The van der Waals surface area contributed by atoms with Crippen LogP contribution >= 0.6 is 0 Å². The zero-order chi connectivity index (χ0) is 20.9. The topological polar surface area (TPSA) is 65.1 Å². The highest BCUT2D eigenvalue weighted by Crippen LogP contribution is 2.30. The van der Waals surface area contributed by atoms with Crippen molar-refractivity contribution in [3.05, 3.63) is 65.2 Å². The molecule has 30 heavy (non-hydrogen) atoms. The lowest BCUT2D eigenvalue weighted by atomic mass is 9.99. The maximum atomic E-state index is 12.7. The van der Waals surface area contributed by atoms with Gasteiger partial charge in [-0.2, -0.15) is 0 Å². The van der Waals surface area contributed by atoms with E-state index in [1.807, 2.05) is 36.4 Å². The molecule has 0 saturated heterocycles. The van der Waals surface area contributed by atoms with E-state index < -0.39 is 12.1 Å². The molecule has 2 aromatic rings. The predicted molar refractivity (Wildman–Crippen MR) is 112 cm³/mol. The van der Waals surface area contributed by atoms with Gasteiger partial charge < -0.3 is 19.1 Å². The van der Waals surface area contributed by atoms with E-state index in [9.17, 15) is 9.59 Å². The van der Waals surface area contributed by atoms with Crippen LogP contribution in [0.1, 0.15) is 30.0 Å². The number of fused-ring (bicyclic) bond motifs is 2. The van der Waals surface area contributed by atoms with Crippen molar-refractivity contribution >= 4 is 18.0 Å². The molecule has 0 aliphatic carbocycles. The highest BCUT2D eigenvalue weighted by atomic mass is 16.5. The fraction of sp³-hybridized carbons (Fsp3) is 0.333. The summed E-state index contributed by atoms with van der Waals surface area (Å²) in [6.07, 6.45) is 3.78. The molecule has 2 aromatic carbocycles. The number of hydrogen-bond acceptors (Lipinski definition) is 5. The Kier molecular flexibility index (Phi) is 6.02. The Bertz CT molecular complexity index is 968. The Hall–Kier alpha value is -3.28. The summed E-state index contributed by atoms with van der Waals surface area (Å²) in [6.45, 7) is 4.02. The third-order valence-electron chi connectivity index (χ3n) is 5.27. The molecule has 1 amide bonds. The fourth-order valence-electron chi connectivity index (χ4n) is 3.65. The molecule has 4 rings (SSSR count). The lowest BCUT2D eigenvalue weighted by Crippen LogP contribution is -2.42. The third-order valence-corrected chi connectivity index (χ3v) is 5.27. The van der Waals surface area contributed by atoms with Crippen molar-refractivity contribution in [3.8, 4) is 11.5 Å². The van der Waals surface area contributed by atoms with Gasteiger partial charge in [-0.3, -0.25) is 4.79 Å². The van der Waals surface area contributed by atoms with Crippen molar-refractivity contribution in [3.63, 3.8) is 0 Å². The Balaban J connectivity index is 1.33. The van der Waals surface area contributed by atoms with Crippen LogP contribution in [0, 0.1) is 0 Å². The van der Waals surface area contributed by atoms with E-state index in [0.29, 0.717) is 37.8 Å². The van der Waals surface area contributed by atoms with Crippen molar-refractivity contribution in [2.75, 3.05) is 19.8 Å². The first-order chi connectivity index (χ1) is 14.6. The molecule has 0 N–H and O–H groups in total. The van der Waals surface area contributed by atoms with Gasteiger partial charge in [-0.1, -0.05) is 30.3 Å². The normalized spacial score (nSPS) is 16.5. The van der Waals surface area contributed by atoms with Gasteiger partial charge in [-0.15, -0.1) is 0 Å². The van der Waals surface area contributed by atoms with E-state index >= 15 is 0 Å². The van der Waals surface area contributed by atoms with Gasteiger partial charge in [0, 0.05) is 25.6 Å². The minimum atomic E-state index is -0.837. The summed E-state index contributed by atoms with van der Waals surface area (Å²) in [5, 5.41) is 0. The number of rotatable bonds is 4. The average Bonchev–Trinajstić information content (AvgIpc) is 3.01. The van der Waals surface area contributed by atoms with Crippen LogP contribution < -0.4 is 9.47 Å². The van der Waals surface area contributed by atoms with E-state index in [0.717, 1.165) is 24.0 Å². The van der Waals surface area contributed by atoms with Gasteiger partial charge in [0.15, 0.2) is 17.6 Å². The molecule has 156 valence electrons. The van der Waals surface area contributed by atoms with Crippen molar-refractivity contribution in [2.45, 2.75) is 32.4 Å². The van der Waals surface area contributed by atoms with Crippen LogP contribution in [-0.4, -0.2) is 42.6 Å². The van der Waals surface area contributed by atoms with Crippen LogP contribution in [0.15, 0.2) is 48.5 Å². The summed E-state index contributed by atoms with van der Waals surface area (Å²) < 4.78 is 16.6. The molecular weight excluding hydrogens is 382 g/mol. The SMILES string of the molecule is C[C@@H](OC(=O)/C=C/c1ccc2c(c1)OCCCO2)C(=O)N1CCc2ccccc2C1. The quantitative estimate of drug-likeness (QED) is 0.574. The van der Waals surface area contributed by atoms with E-state index in [1.165, 1.54) is 11.6 Å². The van der Waals surface area contributed by atoms with E-state index in [-0.39, 0.29) is 5.91 Å². The first-order valence-electron chi connectivity index (χ1n) is 10.2. The number of nitrogens with zero attached hydrogens (tertiary/aromatic N) is 1. The molecule has 0 fully saturated rings. The summed E-state index contributed by atoms with van der Waals surface area (Å²) >= 11 is 0. The molecule has 2 heterocycles. The van der Waals surface area contributed by atoms with Crippen molar-refractivity contribution < 1.29 is 23.8 Å². The van der Waals surface area contributed by atoms with Crippen molar-refractivity contribution in [1.29, 1.82) is 0 Å². The molecule has 2 aliphatic rings. The fourth-order valence-corrected chi connectivity index (χ4v) is 3.65. The first-order valence-corrected chi connectivity index (χ1v) is 10.2. The Morgan fingerprint density at radius 2 is 1.83 bits per heavy atom. The molecule has 0 bridgehead atoms. The van der Waals surface area contributed by atoms with Gasteiger partial charge in [0.25, 0.3) is 5.91 Å². The number of benzene rings is 2. The predicted octanol–water partition coefficient (Wildman–Crippen LogP) is 3.38. The second-order valence-electron chi connectivity index (χ2n) is 7.45. The van der Waals surface area contributed by atoms with Crippen LogP contribution in [0.2, 0.25) is 0 Å². The molecule has 2 aliphatic heterocycles. The zero-order valence-electron chi connectivity index (χ0n) is 17.0. The Labute approximate surface area is 176 Å². The van der Waals surface area contributed by atoms with Gasteiger partial charge in [-0.25, -0.2) is 4.79 Å². The summed E-state index contributed by atoms with van der Waals surface area (Å²) in [6, 6.07) is 13.6. The minimum Gasteiger partial charge on any atom is -0.490 e. The Morgan fingerprint density at radius 3 is 2.67 bits per heavy atom. The van der Waals surface area contributed by atoms with Gasteiger partial charge in [-0.05, 0) is 48.2 Å². The molecule has 0 saturated carbocycles. The van der Waals surface area contributed by atoms with Gasteiger partial charge in [0.2, 0.25) is 0 Å². The van der Waals surface area contributed by atoms with Gasteiger partial charge >= 0.3 is 5.97 Å². The second kappa shape index (κ2) is 9.03. The van der Waals surface area contributed by atoms with E-state index in [2.05, 4.69) is 6.07 Å². The summed E-state index contributed by atoms with van der Waals surface area (Å²) in [5.41, 5.74) is 3.21. The van der Waals surface area contributed by atoms with Gasteiger partial charge in [0.1, 0.15) is 0 Å². The molecule has 6 nitrogen and oxygen atoms in total. The average molecular weight is 407 g/mol. The maximum Gasteiger partial charge on any atom is 0.331 e. The lowest BCUT2D eigenvalue weighted by molar-refractivity contribution is -0.155. The molecule has 0 radical (unpaired) electrons. The summed E-state index contributed by atoms with van der Waals surface area (Å²) in [5.74, 6) is 0.633. The molecule has 0 spiro atoms. The van der Waals surface area contributed by atoms with Crippen LogP contribution in [0.5, 0.6) is 11.5 Å². The number of ether oxygens (including phenoxy) is 3. The minimum absolute atomic E-state index is 0.179. The highest BCUT2D eigenvalue weighted by molar-refractivity contribution is 5.90. The number of esters is 1. The van der Waals surface area contributed by atoms with Crippen LogP contribution in [-0.2, 0) is 27.3 Å². The second-order valence-corrected chi connectivity index (χ2v) is 7.45. The van der Waals surface area contributed by atoms with E-state index in [4.69, 9.17) is 14.2 Å². The Morgan fingerprint density at radius 1 is 1.07 bits per heavy atom. The first kappa shape index (κ1) is 20.0. The van der Waals surface area contributed by atoms with Crippen LogP contribution in [0.4, 0.5) is 0 Å². The van der Waals surface area contributed by atoms with Crippen molar-refractivity contribution in [2.24, 2.45) is 0 Å². The molecular formula is C24H25NO5. The maximum absolute atomic E-state index is 12.7.